The fourth-order valence-corrected chi connectivity index (χ4v) is 2.92. The highest BCUT2D eigenvalue weighted by Crippen LogP contribution is 2.27. The van der Waals surface area contributed by atoms with Gasteiger partial charge >= 0.3 is 0 Å². The molecule has 0 bridgehead atoms. The molecule has 3 heterocycles. The second-order valence-corrected chi connectivity index (χ2v) is 5.84. The van der Waals surface area contributed by atoms with E-state index in [0.717, 1.165) is 16.5 Å². The van der Waals surface area contributed by atoms with Gasteiger partial charge < -0.3 is 4.57 Å². The molecule has 0 saturated heterocycles. The van der Waals surface area contributed by atoms with Crippen LogP contribution in [0, 0.1) is 0 Å². The first-order valence-corrected chi connectivity index (χ1v) is 7.62. The van der Waals surface area contributed by atoms with Crippen molar-refractivity contribution in [2.24, 2.45) is 12.1 Å². The lowest BCUT2D eigenvalue weighted by Crippen LogP contribution is -2.14. The van der Waals surface area contributed by atoms with Gasteiger partial charge in [-0.05, 0) is 24.3 Å². The number of hydrogen-bond donors (Lipinski definition) is 1. The highest BCUT2D eigenvalue weighted by atomic mass is 35.5. The zero-order valence-electron chi connectivity index (χ0n) is 12.7. The smallest absolute Gasteiger partial charge is 0.273 e. The van der Waals surface area contributed by atoms with Gasteiger partial charge in [0.15, 0.2) is 0 Å². The molecule has 0 unspecified atom stereocenters. The van der Waals surface area contributed by atoms with Crippen molar-refractivity contribution in [3.05, 3.63) is 64.8 Å². The van der Waals surface area contributed by atoms with Crippen LogP contribution in [-0.4, -0.2) is 26.2 Å². The molecule has 0 fully saturated rings. The van der Waals surface area contributed by atoms with Gasteiger partial charge in [-0.3, -0.25) is 14.8 Å². The van der Waals surface area contributed by atoms with Crippen LogP contribution in [0.3, 0.4) is 0 Å². The fraction of sp³-hybridized carbons (Fsp3) is 0.0588. The second kappa shape index (κ2) is 5.58. The van der Waals surface area contributed by atoms with Gasteiger partial charge in [0, 0.05) is 47.1 Å². The van der Waals surface area contributed by atoms with Gasteiger partial charge in [0.05, 0.1) is 11.8 Å². The summed E-state index contributed by atoms with van der Waals surface area (Å²) in [5, 5.41) is 5.70. The summed E-state index contributed by atoms with van der Waals surface area (Å²) >= 11 is 6.12. The Morgan fingerprint density at radius 3 is 2.96 bits per heavy atom. The quantitative estimate of drug-likeness (QED) is 0.730. The summed E-state index contributed by atoms with van der Waals surface area (Å²) in [4.78, 5) is 20.4. The van der Waals surface area contributed by atoms with Gasteiger partial charge in [-0.15, -0.1) is 0 Å². The molecule has 0 aliphatic carbocycles. The van der Waals surface area contributed by atoms with Crippen molar-refractivity contribution in [2.45, 2.75) is 0 Å². The summed E-state index contributed by atoms with van der Waals surface area (Å²) in [7, 11) is 1.95. The number of hydrazone groups is 1. The molecule has 1 aromatic carbocycles. The number of amides is 1. The van der Waals surface area contributed by atoms with E-state index in [2.05, 4.69) is 20.5 Å². The summed E-state index contributed by atoms with van der Waals surface area (Å²) in [6.07, 6.45) is 8.47. The van der Waals surface area contributed by atoms with Crippen molar-refractivity contribution < 1.29 is 4.79 Å². The number of fused-ring (bicyclic) bond motifs is 1. The Kier molecular flexibility index (Phi) is 3.39. The van der Waals surface area contributed by atoms with E-state index in [1.807, 2.05) is 36.0 Å². The number of carbonyl (C=O) groups excluding carboxylic acids is 1. The van der Waals surface area contributed by atoms with E-state index in [9.17, 15) is 4.79 Å². The van der Waals surface area contributed by atoms with E-state index in [4.69, 9.17) is 11.6 Å². The maximum absolute atomic E-state index is 12.2. The predicted molar refractivity (Wildman–Crippen MR) is 92.6 cm³/mol. The Morgan fingerprint density at radius 2 is 2.17 bits per heavy atom. The maximum atomic E-state index is 12.2. The van der Waals surface area contributed by atoms with Gasteiger partial charge in [0.25, 0.3) is 5.91 Å². The first-order valence-electron chi connectivity index (χ1n) is 7.24. The summed E-state index contributed by atoms with van der Waals surface area (Å²) in [6.45, 7) is 0. The number of halogens is 1. The van der Waals surface area contributed by atoms with Crippen LogP contribution < -0.4 is 5.43 Å². The van der Waals surface area contributed by atoms with Crippen LogP contribution in [0.4, 0.5) is 0 Å². The Morgan fingerprint density at radius 1 is 1.29 bits per heavy atom. The normalized spacial score (nSPS) is 15.8. The molecule has 118 valence electrons. The lowest BCUT2D eigenvalue weighted by atomic mass is 10.0. The molecule has 1 N–H and O–H groups in total. The van der Waals surface area contributed by atoms with Crippen molar-refractivity contribution in [3.8, 4) is 0 Å². The zero-order chi connectivity index (χ0) is 16.7. The summed E-state index contributed by atoms with van der Waals surface area (Å²) in [6, 6.07) is 5.68. The molecular weight excluding hydrogens is 326 g/mol. The van der Waals surface area contributed by atoms with Gasteiger partial charge in [-0.25, -0.2) is 5.43 Å². The van der Waals surface area contributed by atoms with E-state index in [1.54, 1.807) is 24.7 Å². The minimum atomic E-state index is -0.269. The SMILES string of the molecule is Cn1cc(/C=C2\C(=O)NN=C2c2cnccn2)c2cc(Cl)ccc21. The Balaban J connectivity index is 1.87. The first-order chi connectivity index (χ1) is 11.6. The number of rotatable bonds is 2. The summed E-state index contributed by atoms with van der Waals surface area (Å²) in [5.41, 5.74) is 5.87. The lowest BCUT2D eigenvalue weighted by Gasteiger charge is -2.00. The van der Waals surface area contributed by atoms with Crippen LogP contribution in [0.1, 0.15) is 11.3 Å². The molecule has 1 aliphatic heterocycles. The molecule has 1 aliphatic rings. The van der Waals surface area contributed by atoms with Crippen LogP contribution >= 0.6 is 11.6 Å². The molecule has 0 saturated carbocycles. The zero-order valence-corrected chi connectivity index (χ0v) is 13.4. The molecule has 7 heteroatoms. The van der Waals surface area contributed by atoms with E-state index >= 15 is 0 Å². The molecule has 24 heavy (non-hydrogen) atoms. The lowest BCUT2D eigenvalue weighted by molar-refractivity contribution is -0.116. The number of nitrogens with one attached hydrogen (secondary N) is 1. The van der Waals surface area contributed by atoms with Crippen molar-refractivity contribution in [1.82, 2.24) is 20.0 Å². The molecular formula is C17H12ClN5O. The number of nitrogens with zero attached hydrogens (tertiary/aromatic N) is 4. The third-order valence-electron chi connectivity index (χ3n) is 3.86. The van der Waals surface area contributed by atoms with E-state index in [1.165, 1.54) is 0 Å². The van der Waals surface area contributed by atoms with Gasteiger partial charge in [-0.2, -0.15) is 5.10 Å². The Bertz CT molecular complexity index is 1020. The molecule has 0 atom stereocenters. The number of carbonyl (C=O) groups is 1. The van der Waals surface area contributed by atoms with Crippen molar-refractivity contribution in [1.29, 1.82) is 0 Å². The van der Waals surface area contributed by atoms with Crippen molar-refractivity contribution in [2.75, 3.05) is 0 Å². The summed E-state index contributed by atoms with van der Waals surface area (Å²) in [5.74, 6) is -0.269. The van der Waals surface area contributed by atoms with Gasteiger partial charge in [0.1, 0.15) is 11.4 Å². The average molecular weight is 338 g/mol. The van der Waals surface area contributed by atoms with Gasteiger partial charge in [-0.1, -0.05) is 11.6 Å². The highest BCUT2D eigenvalue weighted by Gasteiger charge is 2.25. The Hall–Kier alpha value is -2.99. The standard InChI is InChI=1S/C17H12ClN5O/c1-23-9-10(12-7-11(18)2-3-15(12)23)6-13-16(21-22-17(13)24)14-8-19-4-5-20-14/h2-9H,1H3,(H,22,24)/b13-6-. The van der Waals surface area contributed by atoms with Crippen LogP contribution in [0.2, 0.25) is 5.02 Å². The largest absolute Gasteiger partial charge is 0.350 e. The van der Waals surface area contributed by atoms with Gasteiger partial charge in [0.2, 0.25) is 0 Å². The topological polar surface area (TPSA) is 72.2 Å². The minimum Gasteiger partial charge on any atom is -0.350 e. The maximum Gasteiger partial charge on any atom is 0.273 e. The molecule has 4 rings (SSSR count). The summed E-state index contributed by atoms with van der Waals surface area (Å²) < 4.78 is 1.99. The number of hydrogen-bond acceptors (Lipinski definition) is 4. The van der Waals surface area contributed by atoms with Crippen LogP contribution in [-0.2, 0) is 11.8 Å². The van der Waals surface area contributed by atoms with Crippen LogP contribution in [0.15, 0.2) is 53.7 Å². The minimum absolute atomic E-state index is 0.269. The first kappa shape index (κ1) is 14.6. The van der Waals surface area contributed by atoms with Crippen LogP contribution in [0.25, 0.3) is 17.0 Å². The molecule has 0 spiro atoms. The molecule has 6 nitrogen and oxygen atoms in total. The second-order valence-electron chi connectivity index (χ2n) is 5.41. The third kappa shape index (κ3) is 2.37. The van der Waals surface area contributed by atoms with E-state index < -0.39 is 0 Å². The molecule has 1 amide bonds. The highest BCUT2D eigenvalue weighted by molar-refractivity contribution is 6.33. The van der Waals surface area contributed by atoms with E-state index in [0.29, 0.717) is 22.0 Å². The predicted octanol–water partition coefficient (Wildman–Crippen LogP) is 2.54. The number of aryl methyl sites for hydroxylation is 1. The van der Waals surface area contributed by atoms with Crippen LogP contribution in [0.5, 0.6) is 0 Å². The number of benzene rings is 1. The fourth-order valence-electron chi connectivity index (χ4n) is 2.75. The number of aromatic nitrogens is 3. The Labute approximate surface area is 142 Å². The average Bonchev–Trinajstić information content (AvgIpc) is 3.10. The molecule has 3 aromatic rings. The molecule has 0 radical (unpaired) electrons. The van der Waals surface area contributed by atoms with E-state index in [-0.39, 0.29) is 5.91 Å². The monoisotopic (exact) mass is 337 g/mol. The van der Waals surface area contributed by atoms with Crippen molar-refractivity contribution >= 4 is 40.2 Å². The molecule has 2 aromatic heterocycles. The van der Waals surface area contributed by atoms with Crippen molar-refractivity contribution in [3.63, 3.8) is 0 Å². The third-order valence-corrected chi connectivity index (χ3v) is 4.09.